The number of furan rings is 1. The molecule has 4 rings (SSSR count). The maximum atomic E-state index is 13.0. The van der Waals surface area contributed by atoms with E-state index in [1.165, 1.54) is 16.7 Å². The van der Waals surface area contributed by atoms with Gasteiger partial charge in [-0.1, -0.05) is 6.07 Å². The quantitative estimate of drug-likeness (QED) is 0.366. The largest absolute Gasteiger partial charge is 0.462 e. The van der Waals surface area contributed by atoms with Gasteiger partial charge in [0.05, 0.1) is 29.5 Å². The standard InChI is InChI=1S/C23H19N3O5/c1-2-30-23(29)17-12-18(22(28)25-14-15-6-3-9-24-13-15)26-10-4-7-16(20(17)26)21(27)19-8-5-11-31-19/h3-13H,2,14H2,1H3,(H,25,28). The first-order chi connectivity index (χ1) is 15.1. The highest BCUT2D eigenvalue weighted by Gasteiger charge is 2.26. The molecular formula is C23H19N3O5. The molecule has 8 nitrogen and oxygen atoms in total. The molecular weight excluding hydrogens is 398 g/mol. The van der Waals surface area contributed by atoms with Crippen LogP contribution in [0.25, 0.3) is 5.52 Å². The Bertz CT molecular complexity index is 1240. The van der Waals surface area contributed by atoms with Crippen LogP contribution in [0.3, 0.4) is 0 Å². The lowest BCUT2D eigenvalue weighted by atomic mass is 10.1. The van der Waals surface area contributed by atoms with E-state index in [9.17, 15) is 14.4 Å². The van der Waals surface area contributed by atoms with E-state index in [0.717, 1.165) is 5.56 Å². The first-order valence-corrected chi connectivity index (χ1v) is 9.66. The number of nitrogens with zero attached hydrogens (tertiary/aromatic N) is 2. The number of amides is 1. The third kappa shape index (κ3) is 3.95. The molecule has 0 bridgehead atoms. The van der Waals surface area contributed by atoms with Crippen LogP contribution in [0.2, 0.25) is 0 Å². The summed E-state index contributed by atoms with van der Waals surface area (Å²) in [6.07, 6.45) is 6.32. The first kappa shape index (κ1) is 20.1. The second kappa shape index (κ2) is 8.66. The summed E-state index contributed by atoms with van der Waals surface area (Å²) in [6.45, 7) is 2.11. The highest BCUT2D eigenvalue weighted by atomic mass is 16.5. The summed E-state index contributed by atoms with van der Waals surface area (Å²) in [7, 11) is 0. The molecule has 0 radical (unpaired) electrons. The van der Waals surface area contributed by atoms with Crippen molar-refractivity contribution in [2.24, 2.45) is 0 Å². The Morgan fingerprint density at radius 1 is 1.13 bits per heavy atom. The average molecular weight is 417 g/mol. The van der Waals surface area contributed by atoms with Crippen molar-refractivity contribution in [3.63, 3.8) is 0 Å². The van der Waals surface area contributed by atoms with Crippen LogP contribution in [0.4, 0.5) is 0 Å². The Hall–Kier alpha value is -4.20. The summed E-state index contributed by atoms with van der Waals surface area (Å²) in [5.41, 5.74) is 1.68. The lowest BCUT2D eigenvalue weighted by molar-refractivity contribution is 0.0528. The molecule has 156 valence electrons. The van der Waals surface area contributed by atoms with E-state index in [0.29, 0.717) is 0 Å². The molecule has 0 fully saturated rings. The van der Waals surface area contributed by atoms with E-state index in [-0.39, 0.29) is 41.2 Å². The van der Waals surface area contributed by atoms with E-state index in [4.69, 9.17) is 9.15 Å². The predicted molar refractivity (Wildman–Crippen MR) is 111 cm³/mol. The number of rotatable bonds is 7. The number of carbonyl (C=O) groups is 3. The van der Waals surface area contributed by atoms with Crippen LogP contribution in [-0.2, 0) is 11.3 Å². The average Bonchev–Trinajstić information content (AvgIpc) is 3.46. The fourth-order valence-corrected chi connectivity index (χ4v) is 3.30. The van der Waals surface area contributed by atoms with E-state index in [1.54, 1.807) is 55.8 Å². The fraction of sp³-hybridized carbons (Fsp3) is 0.130. The Morgan fingerprint density at radius 3 is 2.71 bits per heavy atom. The van der Waals surface area contributed by atoms with Crippen LogP contribution < -0.4 is 5.32 Å². The first-order valence-electron chi connectivity index (χ1n) is 9.66. The predicted octanol–water partition coefficient (Wildman–Crippen LogP) is 3.27. The molecule has 4 aromatic heterocycles. The van der Waals surface area contributed by atoms with Crippen molar-refractivity contribution in [3.05, 3.63) is 95.5 Å². The number of nitrogens with one attached hydrogen (secondary N) is 1. The Kier molecular flexibility index (Phi) is 5.61. The fourth-order valence-electron chi connectivity index (χ4n) is 3.30. The number of pyridine rings is 2. The number of ketones is 1. The van der Waals surface area contributed by atoms with E-state index in [2.05, 4.69) is 10.3 Å². The van der Waals surface area contributed by atoms with Crippen molar-refractivity contribution >= 4 is 23.2 Å². The van der Waals surface area contributed by atoms with Crippen LogP contribution in [-0.4, -0.2) is 33.7 Å². The third-order valence-corrected chi connectivity index (χ3v) is 4.68. The lowest BCUT2D eigenvalue weighted by Crippen LogP contribution is -2.24. The van der Waals surface area contributed by atoms with Gasteiger partial charge in [-0.3, -0.25) is 14.6 Å². The van der Waals surface area contributed by atoms with Crippen molar-refractivity contribution in [1.29, 1.82) is 0 Å². The molecule has 31 heavy (non-hydrogen) atoms. The molecule has 4 heterocycles. The van der Waals surface area contributed by atoms with Crippen LogP contribution in [0.1, 0.15) is 49.5 Å². The number of esters is 1. The Balaban J connectivity index is 1.77. The van der Waals surface area contributed by atoms with Crippen molar-refractivity contribution in [2.45, 2.75) is 13.5 Å². The smallest absolute Gasteiger partial charge is 0.340 e. The molecule has 0 aliphatic heterocycles. The van der Waals surface area contributed by atoms with Gasteiger partial charge in [0.1, 0.15) is 5.69 Å². The zero-order valence-electron chi connectivity index (χ0n) is 16.7. The highest BCUT2D eigenvalue weighted by Crippen LogP contribution is 2.25. The van der Waals surface area contributed by atoms with Crippen molar-refractivity contribution < 1.29 is 23.5 Å². The molecule has 4 aromatic rings. The zero-order valence-corrected chi connectivity index (χ0v) is 16.7. The molecule has 0 unspecified atom stereocenters. The lowest BCUT2D eigenvalue weighted by Gasteiger charge is -2.08. The molecule has 1 amide bonds. The monoisotopic (exact) mass is 417 g/mol. The van der Waals surface area contributed by atoms with Gasteiger partial charge < -0.3 is 18.9 Å². The molecule has 0 saturated heterocycles. The molecule has 0 spiro atoms. The van der Waals surface area contributed by atoms with Gasteiger partial charge in [-0.2, -0.15) is 0 Å². The highest BCUT2D eigenvalue weighted by molar-refractivity contribution is 6.15. The van der Waals surface area contributed by atoms with Gasteiger partial charge in [0.15, 0.2) is 5.76 Å². The van der Waals surface area contributed by atoms with Crippen LogP contribution in [0.15, 0.2) is 71.7 Å². The summed E-state index contributed by atoms with van der Waals surface area (Å²) in [6, 6.07) is 11.4. The van der Waals surface area contributed by atoms with Crippen LogP contribution >= 0.6 is 0 Å². The minimum absolute atomic E-state index is 0.129. The summed E-state index contributed by atoms with van der Waals surface area (Å²) in [5, 5.41) is 2.81. The van der Waals surface area contributed by atoms with Gasteiger partial charge >= 0.3 is 5.97 Å². The Morgan fingerprint density at radius 2 is 2.00 bits per heavy atom. The van der Waals surface area contributed by atoms with E-state index in [1.807, 2.05) is 6.07 Å². The van der Waals surface area contributed by atoms with Crippen molar-refractivity contribution in [2.75, 3.05) is 6.61 Å². The number of ether oxygens (including phenoxy) is 1. The Labute approximate surface area is 177 Å². The minimum Gasteiger partial charge on any atom is -0.462 e. The van der Waals surface area contributed by atoms with Gasteiger partial charge in [-0.25, -0.2) is 4.79 Å². The zero-order chi connectivity index (χ0) is 21.8. The molecule has 0 atom stereocenters. The number of hydrogen-bond donors (Lipinski definition) is 1. The second-order valence-corrected chi connectivity index (χ2v) is 6.65. The maximum absolute atomic E-state index is 13.0. The number of fused-ring (bicyclic) bond motifs is 1. The number of aromatic nitrogens is 2. The third-order valence-electron chi connectivity index (χ3n) is 4.68. The van der Waals surface area contributed by atoms with Crippen LogP contribution in [0, 0.1) is 0 Å². The molecule has 0 aliphatic carbocycles. The molecule has 8 heteroatoms. The maximum Gasteiger partial charge on any atom is 0.340 e. The van der Waals surface area contributed by atoms with E-state index < -0.39 is 17.7 Å². The van der Waals surface area contributed by atoms with Gasteiger partial charge in [0.25, 0.3) is 5.91 Å². The van der Waals surface area contributed by atoms with E-state index >= 15 is 0 Å². The molecule has 0 aromatic carbocycles. The summed E-state index contributed by atoms with van der Waals surface area (Å²) in [5.74, 6) is -1.30. The SMILES string of the molecule is CCOC(=O)c1cc(C(=O)NCc2cccnc2)n2cccc(C(=O)c3ccco3)c12. The summed E-state index contributed by atoms with van der Waals surface area (Å²) < 4.78 is 11.9. The number of carbonyl (C=O) groups excluding carboxylic acids is 3. The van der Waals surface area contributed by atoms with Gasteiger partial charge in [-0.15, -0.1) is 0 Å². The number of hydrogen-bond acceptors (Lipinski definition) is 6. The summed E-state index contributed by atoms with van der Waals surface area (Å²) >= 11 is 0. The van der Waals surface area contributed by atoms with Gasteiger partial charge in [-0.05, 0) is 48.9 Å². The van der Waals surface area contributed by atoms with Crippen molar-refractivity contribution in [1.82, 2.24) is 14.7 Å². The minimum atomic E-state index is -0.619. The summed E-state index contributed by atoms with van der Waals surface area (Å²) in [4.78, 5) is 42.6. The van der Waals surface area contributed by atoms with Gasteiger partial charge in [0.2, 0.25) is 5.78 Å². The van der Waals surface area contributed by atoms with Crippen LogP contribution in [0.5, 0.6) is 0 Å². The molecule has 0 saturated carbocycles. The van der Waals surface area contributed by atoms with Crippen molar-refractivity contribution in [3.8, 4) is 0 Å². The molecule has 1 N–H and O–H groups in total. The molecule has 0 aliphatic rings. The second-order valence-electron chi connectivity index (χ2n) is 6.65. The topological polar surface area (TPSA) is 103 Å². The van der Waals surface area contributed by atoms with Gasteiger partial charge in [0, 0.05) is 25.1 Å². The normalized spacial score (nSPS) is 10.7.